The molecule has 0 fully saturated rings. The minimum Gasteiger partial charge on any atom is -0.497 e. The third-order valence-corrected chi connectivity index (χ3v) is 5.19. The van der Waals surface area contributed by atoms with Crippen molar-refractivity contribution in [1.82, 2.24) is 14.5 Å². The van der Waals surface area contributed by atoms with E-state index in [9.17, 15) is 4.79 Å². The molecule has 6 nitrogen and oxygen atoms in total. The summed E-state index contributed by atoms with van der Waals surface area (Å²) in [7, 11) is 3.35. The average Bonchev–Trinajstić information content (AvgIpc) is 2.77. The number of aromatic nitrogens is 3. The van der Waals surface area contributed by atoms with Gasteiger partial charge in [0, 0.05) is 42.5 Å². The number of rotatable bonds is 6. The predicted octanol–water partition coefficient (Wildman–Crippen LogP) is 4.31. The highest BCUT2D eigenvalue weighted by molar-refractivity contribution is 6.31. The Labute approximate surface area is 179 Å². The Hall–Kier alpha value is -3.38. The fourth-order valence-corrected chi connectivity index (χ4v) is 3.40. The molecule has 7 heteroatoms. The van der Waals surface area contributed by atoms with E-state index in [1.165, 1.54) is 4.57 Å². The summed E-state index contributed by atoms with van der Waals surface area (Å²) in [6.45, 7) is 0.598. The van der Waals surface area contributed by atoms with Gasteiger partial charge in [-0.25, -0.2) is 4.98 Å². The third kappa shape index (κ3) is 4.14. The van der Waals surface area contributed by atoms with Gasteiger partial charge in [-0.1, -0.05) is 29.8 Å². The maximum absolute atomic E-state index is 12.5. The molecule has 0 unspecified atom stereocenters. The summed E-state index contributed by atoms with van der Waals surface area (Å²) in [5.74, 6) is 1.33. The molecule has 152 valence electrons. The van der Waals surface area contributed by atoms with Crippen LogP contribution < -0.4 is 15.6 Å². The third-order valence-electron chi connectivity index (χ3n) is 4.95. The fourth-order valence-electron chi connectivity index (χ4n) is 3.23. The van der Waals surface area contributed by atoms with Crippen molar-refractivity contribution in [3.8, 4) is 16.9 Å². The van der Waals surface area contributed by atoms with Crippen LogP contribution in [0.3, 0.4) is 0 Å². The molecular formula is C23H21ClN4O2. The first-order chi connectivity index (χ1) is 14.5. The number of methoxy groups -OCH3 is 1. The Bertz CT molecular complexity index is 1240. The van der Waals surface area contributed by atoms with Crippen molar-refractivity contribution in [2.45, 2.75) is 6.42 Å². The van der Waals surface area contributed by atoms with Gasteiger partial charge in [0.2, 0.25) is 5.95 Å². The zero-order valence-electron chi connectivity index (χ0n) is 16.7. The lowest BCUT2D eigenvalue weighted by Crippen LogP contribution is -2.23. The maximum atomic E-state index is 12.5. The summed E-state index contributed by atoms with van der Waals surface area (Å²) < 4.78 is 6.71. The SMILES string of the molecule is COc1ccc(-c2ccc(CCNc3nc4cc(Cl)ccc4c(=O)n3C)nc2)cc1. The normalized spacial score (nSPS) is 10.9. The average molecular weight is 421 g/mol. The standard InChI is InChI=1S/C23H21ClN4O2/c1-28-22(29)20-10-6-17(24)13-21(20)27-23(28)25-12-11-18-7-3-16(14-26-18)15-4-8-19(30-2)9-5-15/h3-10,13-14H,11-12H2,1-2H3,(H,25,27). The van der Waals surface area contributed by atoms with E-state index >= 15 is 0 Å². The molecule has 0 spiro atoms. The molecule has 0 saturated heterocycles. The molecule has 0 atom stereocenters. The van der Waals surface area contributed by atoms with Crippen LogP contribution >= 0.6 is 11.6 Å². The Balaban J connectivity index is 1.44. The topological polar surface area (TPSA) is 69.0 Å². The second-order valence-corrected chi connectivity index (χ2v) is 7.34. The number of pyridine rings is 1. The number of benzene rings is 2. The number of anilines is 1. The molecule has 2 heterocycles. The molecule has 30 heavy (non-hydrogen) atoms. The van der Waals surface area contributed by atoms with E-state index in [-0.39, 0.29) is 5.56 Å². The Kier molecular flexibility index (Phi) is 5.68. The summed E-state index contributed by atoms with van der Waals surface area (Å²) >= 11 is 6.04. The van der Waals surface area contributed by atoms with Gasteiger partial charge in [-0.3, -0.25) is 14.3 Å². The summed E-state index contributed by atoms with van der Waals surface area (Å²) in [6.07, 6.45) is 2.56. The van der Waals surface area contributed by atoms with Gasteiger partial charge in [0.05, 0.1) is 18.0 Å². The Morgan fingerprint density at radius 2 is 1.83 bits per heavy atom. The Morgan fingerprint density at radius 3 is 2.53 bits per heavy atom. The highest BCUT2D eigenvalue weighted by Gasteiger charge is 2.08. The van der Waals surface area contributed by atoms with Crippen molar-refractivity contribution in [3.63, 3.8) is 0 Å². The molecule has 0 aliphatic carbocycles. The summed E-state index contributed by atoms with van der Waals surface area (Å²) in [5, 5.41) is 4.32. The number of halogens is 1. The molecule has 0 radical (unpaired) electrons. The van der Waals surface area contributed by atoms with Crippen molar-refractivity contribution in [2.75, 3.05) is 19.0 Å². The van der Waals surface area contributed by atoms with Crippen LogP contribution in [0.2, 0.25) is 5.02 Å². The van der Waals surface area contributed by atoms with Gasteiger partial charge >= 0.3 is 0 Å². The van der Waals surface area contributed by atoms with Crippen LogP contribution in [0.15, 0.2) is 65.6 Å². The van der Waals surface area contributed by atoms with Crippen LogP contribution in [0.1, 0.15) is 5.69 Å². The van der Waals surface area contributed by atoms with Crippen LogP contribution in [-0.4, -0.2) is 28.2 Å². The molecule has 0 saturated carbocycles. The minimum atomic E-state index is -0.110. The van der Waals surface area contributed by atoms with Crippen LogP contribution in [0, 0.1) is 0 Å². The predicted molar refractivity (Wildman–Crippen MR) is 120 cm³/mol. The van der Waals surface area contributed by atoms with E-state index in [2.05, 4.69) is 21.4 Å². The lowest BCUT2D eigenvalue weighted by molar-refractivity contribution is 0.415. The summed E-state index contributed by atoms with van der Waals surface area (Å²) in [4.78, 5) is 21.6. The molecule has 4 aromatic rings. The van der Waals surface area contributed by atoms with Crippen LogP contribution in [-0.2, 0) is 13.5 Å². The molecule has 4 rings (SSSR count). The van der Waals surface area contributed by atoms with Gasteiger partial charge in [0.15, 0.2) is 0 Å². The Morgan fingerprint density at radius 1 is 1.07 bits per heavy atom. The number of ether oxygens (including phenoxy) is 1. The molecule has 0 aliphatic heterocycles. The number of hydrogen-bond donors (Lipinski definition) is 1. The summed E-state index contributed by atoms with van der Waals surface area (Å²) in [5.41, 5.74) is 3.55. The van der Waals surface area contributed by atoms with Gasteiger partial charge in [0.1, 0.15) is 5.75 Å². The number of nitrogens with zero attached hydrogens (tertiary/aromatic N) is 3. The number of hydrogen-bond acceptors (Lipinski definition) is 5. The van der Waals surface area contributed by atoms with Crippen LogP contribution in [0.25, 0.3) is 22.0 Å². The molecular weight excluding hydrogens is 400 g/mol. The first-order valence-electron chi connectivity index (χ1n) is 9.54. The number of fused-ring (bicyclic) bond motifs is 1. The highest BCUT2D eigenvalue weighted by Crippen LogP contribution is 2.22. The van der Waals surface area contributed by atoms with E-state index in [1.807, 2.05) is 36.5 Å². The van der Waals surface area contributed by atoms with E-state index in [0.717, 1.165) is 22.6 Å². The molecule has 2 aromatic carbocycles. The second kappa shape index (κ2) is 8.55. The van der Waals surface area contributed by atoms with Crippen molar-refractivity contribution < 1.29 is 4.74 Å². The molecule has 0 amide bonds. The van der Waals surface area contributed by atoms with Gasteiger partial charge in [-0.2, -0.15) is 0 Å². The second-order valence-electron chi connectivity index (χ2n) is 6.90. The van der Waals surface area contributed by atoms with Gasteiger partial charge in [-0.05, 0) is 42.0 Å². The fraction of sp³-hybridized carbons (Fsp3) is 0.174. The van der Waals surface area contributed by atoms with Gasteiger partial charge in [-0.15, -0.1) is 0 Å². The van der Waals surface area contributed by atoms with Gasteiger partial charge in [0.25, 0.3) is 5.56 Å². The first kappa shape index (κ1) is 19.9. The lowest BCUT2D eigenvalue weighted by Gasteiger charge is -2.11. The zero-order chi connectivity index (χ0) is 21.1. The molecule has 2 aromatic heterocycles. The smallest absolute Gasteiger partial charge is 0.262 e. The van der Waals surface area contributed by atoms with Crippen LogP contribution in [0.5, 0.6) is 5.75 Å². The van der Waals surface area contributed by atoms with Crippen molar-refractivity contribution in [1.29, 1.82) is 0 Å². The number of nitrogens with one attached hydrogen (secondary N) is 1. The van der Waals surface area contributed by atoms with E-state index < -0.39 is 0 Å². The molecule has 1 N–H and O–H groups in total. The quantitative estimate of drug-likeness (QED) is 0.503. The van der Waals surface area contributed by atoms with E-state index in [4.69, 9.17) is 16.3 Å². The molecule has 0 aliphatic rings. The van der Waals surface area contributed by atoms with E-state index in [1.54, 1.807) is 32.4 Å². The van der Waals surface area contributed by atoms with Gasteiger partial charge < -0.3 is 10.1 Å². The first-order valence-corrected chi connectivity index (χ1v) is 9.92. The van der Waals surface area contributed by atoms with Crippen molar-refractivity contribution in [2.24, 2.45) is 7.05 Å². The van der Waals surface area contributed by atoms with E-state index in [0.29, 0.717) is 34.8 Å². The maximum Gasteiger partial charge on any atom is 0.262 e. The summed E-state index contributed by atoms with van der Waals surface area (Å²) in [6, 6.07) is 17.0. The largest absolute Gasteiger partial charge is 0.497 e. The van der Waals surface area contributed by atoms with Crippen molar-refractivity contribution in [3.05, 3.63) is 81.9 Å². The zero-order valence-corrected chi connectivity index (χ0v) is 17.5. The molecule has 0 bridgehead atoms. The van der Waals surface area contributed by atoms with Crippen LogP contribution in [0.4, 0.5) is 5.95 Å². The highest BCUT2D eigenvalue weighted by atomic mass is 35.5. The monoisotopic (exact) mass is 420 g/mol. The minimum absolute atomic E-state index is 0.110. The van der Waals surface area contributed by atoms with Crippen molar-refractivity contribution >= 4 is 28.5 Å². The lowest BCUT2D eigenvalue weighted by atomic mass is 10.1.